The van der Waals surface area contributed by atoms with Crippen LogP contribution in [0.1, 0.15) is 20.3 Å². The molecule has 0 bridgehead atoms. The van der Waals surface area contributed by atoms with Gasteiger partial charge in [0.15, 0.2) is 0 Å². The maximum absolute atomic E-state index is 5.80. The Morgan fingerprint density at radius 1 is 1.06 bits per heavy atom. The van der Waals surface area contributed by atoms with Gasteiger partial charge >= 0.3 is 0 Å². The summed E-state index contributed by atoms with van der Waals surface area (Å²) in [6, 6.07) is 0.406. The molecule has 0 aromatic rings. The zero-order chi connectivity index (χ0) is 13.2. The van der Waals surface area contributed by atoms with E-state index in [0.717, 1.165) is 19.6 Å². The highest BCUT2D eigenvalue weighted by Crippen LogP contribution is 2.27. The maximum Gasteiger partial charge on any atom is 0.0991 e. The predicted octanol–water partition coefficient (Wildman–Crippen LogP) is 0.822. The molecule has 0 amide bonds. The van der Waals surface area contributed by atoms with Gasteiger partial charge in [0, 0.05) is 19.8 Å². The van der Waals surface area contributed by atoms with Crippen molar-refractivity contribution >= 4 is 0 Å². The van der Waals surface area contributed by atoms with Gasteiger partial charge in [-0.05, 0) is 19.9 Å². The fourth-order valence-corrected chi connectivity index (χ4v) is 2.10. The van der Waals surface area contributed by atoms with Crippen LogP contribution in [0.2, 0.25) is 0 Å². The summed E-state index contributed by atoms with van der Waals surface area (Å²) < 4.78 is 21.8. The molecule has 0 aliphatic heterocycles. The molecule has 1 rings (SSSR count). The van der Waals surface area contributed by atoms with E-state index in [0.29, 0.717) is 32.5 Å². The summed E-state index contributed by atoms with van der Waals surface area (Å²) in [5.41, 5.74) is 0. The van der Waals surface area contributed by atoms with Crippen LogP contribution in [0.3, 0.4) is 0 Å². The van der Waals surface area contributed by atoms with Crippen LogP contribution in [0, 0.1) is 0 Å². The monoisotopic (exact) mass is 261 g/mol. The molecule has 108 valence electrons. The van der Waals surface area contributed by atoms with Crippen LogP contribution in [0.25, 0.3) is 0 Å². The number of methoxy groups -OCH3 is 1. The first kappa shape index (κ1) is 15.9. The van der Waals surface area contributed by atoms with E-state index in [1.54, 1.807) is 7.11 Å². The maximum atomic E-state index is 5.80. The van der Waals surface area contributed by atoms with E-state index in [9.17, 15) is 0 Å². The molecule has 18 heavy (non-hydrogen) atoms. The standard InChI is InChI=1S/C13H27NO4/c1-4-14-11-10-12(17-9-7-16-5-2)13(11)18-8-6-15-3/h11-14H,4-10H2,1-3H3. The fraction of sp³-hybridized carbons (Fsp3) is 1.00. The van der Waals surface area contributed by atoms with E-state index < -0.39 is 0 Å². The second kappa shape index (κ2) is 9.69. The first-order chi connectivity index (χ1) is 8.83. The Balaban J connectivity index is 2.19. The Bertz CT molecular complexity index is 203. The average molecular weight is 261 g/mol. The fourth-order valence-electron chi connectivity index (χ4n) is 2.10. The summed E-state index contributed by atoms with van der Waals surface area (Å²) in [5, 5.41) is 3.41. The average Bonchev–Trinajstić information content (AvgIpc) is 2.37. The van der Waals surface area contributed by atoms with Gasteiger partial charge in [-0.2, -0.15) is 0 Å². The van der Waals surface area contributed by atoms with Crippen LogP contribution in [-0.4, -0.2) is 64.9 Å². The van der Waals surface area contributed by atoms with E-state index in [-0.39, 0.29) is 12.2 Å². The van der Waals surface area contributed by atoms with Crippen LogP contribution in [0.4, 0.5) is 0 Å². The predicted molar refractivity (Wildman–Crippen MR) is 69.9 cm³/mol. The van der Waals surface area contributed by atoms with Crippen LogP contribution in [-0.2, 0) is 18.9 Å². The molecule has 0 saturated heterocycles. The molecule has 0 spiro atoms. The summed E-state index contributed by atoms with van der Waals surface area (Å²) >= 11 is 0. The van der Waals surface area contributed by atoms with Gasteiger partial charge in [0.2, 0.25) is 0 Å². The van der Waals surface area contributed by atoms with Gasteiger partial charge < -0.3 is 24.3 Å². The molecule has 0 aromatic carbocycles. The highest BCUT2D eigenvalue weighted by molar-refractivity contribution is 4.97. The van der Waals surface area contributed by atoms with Crippen molar-refractivity contribution in [3.8, 4) is 0 Å². The van der Waals surface area contributed by atoms with Crippen molar-refractivity contribution in [3.05, 3.63) is 0 Å². The third-order valence-corrected chi connectivity index (χ3v) is 3.08. The number of likely N-dealkylation sites (N-methyl/N-ethyl adjacent to an activating group) is 1. The Hall–Kier alpha value is -0.200. The smallest absolute Gasteiger partial charge is 0.0991 e. The first-order valence-corrected chi connectivity index (χ1v) is 6.86. The summed E-state index contributed by atoms with van der Waals surface area (Å²) in [7, 11) is 1.68. The van der Waals surface area contributed by atoms with Crippen molar-refractivity contribution in [2.45, 2.75) is 38.5 Å². The van der Waals surface area contributed by atoms with Crippen molar-refractivity contribution in [2.24, 2.45) is 0 Å². The molecule has 1 aliphatic rings. The highest BCUT2D eigenvalue weighted by atomic mass is 16.6. The third kappa shape index (κ3) is 5.20. The normalized spacial score (nSPS) is 27.2. The summed E-state index contributed by atoms with van der Waals surface area (Å²) in [6.45, 7) is 8.33. The number of hydrogen-bond donors (Lipinski definition) is 1. The van der Waals surface area contributed by atoms with Gasteiger partial charge in [0.05, 0.1) is 38.6 Å². The zero-order valence-electron chi connectivity index (χ0n) is 11.8. The van der Waals surface area contributed by atoms with Crippen molar-refractivity contribution in [3.63, 3.8) is 0 Å². The Labute approximate surface area is 110 Å². The van der Waals surface area contributed by atoms with E-state index >= 15 is 0 Å². The summed E-state index contributed by atoms with van der Waals surface area (Å²) in [6.07, 6.45) is 1.34. The van der Waals surface area contributed by atoms with Gasteiger partial charge in [-0.25, -0.2) is 0 Å². The van der Waals surface area contributed by atoms with Gasteiger partial charge in [-0.3, -0.25) is 0 Å². The number of rotatable bonds is 11. The van der Waals surface area contributed by atoms with E-state index in [4.69, 9.17) is 18.9 Å². The molecule has 1 saturated carbocycles. The molecule has 1 aliphatic carbocycles. The molecule has 1 N–H and O–H groups in total. The lowest BCUT2D eigenvalue weighted by Crippen LogP contribution is -2.60. The van der Waals surface area contributed by atoms with Crippen LogP contribution >= 0.6 is 0 Å². The minimum atomic E-state index is 0.140. The zero-order valence-corrected chi connectivity index (χ0v) is 11.8. The molecular weight excluding hydrogens is 234 g/mol. The Morgan fingerprint density at radius 2 is 1.83 bits per heavy atom. The topological polar surface area (TPSA) is 49.0 Å². The quantitative estimate of drug-likeness (QED) is 0.558. The minimum Gasteiger partial charge on any atom is -0.382 e. The second-order valence-corrected chi connectivity index (χ2v) is 4.33. The Kier molecular flexibility index (Phi) is 8.54. The van der Waals surface area contributed by atoms with Crippen LogP contribution in [0.15, 0.2) is 0 Å². The van der Waals surface area contributed by atoms with E-state index in [1.807, 2.05) is 6.92 Å². The van der Waals surface area contributed by atoms with E-state index in [2.05, 4.69) is 12.2 Å². The largest absolute Gasteiger partial charge is 0.382 e. The van der Waals surface area contributed by atoms with Crippen molar-refractivity contribution in [1.29, 1.82) is 0 Å². The molecule has 0 heterocycles. The molecular formula is C13H27NO4. The molecule has 3 unspecified atom stereocenters. The summed E-state index contributed by atoms with van der Waals surface area (Å²) in [4.78, 5) is 0. The number of ether oxygens (including phenoxy) is 4. The van der Waals surface area contributed by atoms with Gasteiger partial charge in [-0.1, -0.05) is 6.92 Å². The minimum absolute atomic E-state index is 0.140. The van der Waals surface area contributed by atoms with E-state index in [1.165, 1.54) is 0 Å². The molecule has 0 aromatic heterocycles. The van der Waals surface area contributed by atoms with Crippen molar-refractivity contribution in [1.82, 2.24) is 5.32 Å². The van der Waals surface area contributed by atoms with Gasteiger partial charge in [0.25, 0.3) is 0 Å². The first-order valence-electron chi connectivity index (χ1n) is 6.86. The molecule has 3 atom stereocenters. The SMILES string of the molecule is CCNC1CC(OCCOCC)C1OCCOC. The molecule has 5 heteroatoms. The van der Waals surface area contributed by atoms with Gasteiger partial charge in [0.1, 0.15) is 0 Å². The van der Waals surface area contributed by atoms with Crippen molar-refractivity contribution < 1.29 is 18.9 Å². The lowest BCUT2D eigenvalue weighted by atomic mass is 9.85. The van der Waals surface area contributed by atoms with Crippen molar-refractivity contribution in [2.75, 3.05) is 46.7 Å². The highest BCUT2D eigenvalue weighted by Gasteiger charge is 2.42. The van der Waals surface area contributed by atoms with Gasteiger partial charge in [-0.15, -0.1) is 0 Å². The molecule has 0 radical (unpaired) electrons. The van der Waals surface area contributed by atoms with Crippen LogP contribution in [0.5, 0.6) is 0 Å². The molecule has 1 fully saturated rings. The number of hydrogen-bond acceptors (Lipinski definition) is 5. The molecule has 5 nitrogen and oxygen atoms in total. The third-order valence-electron chi connectivity index (χ3n) is 3.08. The lowest BCUT2D eigenvalue weighted by molar-refractivity contribution is -0.156. The summed E-state index contributed by atoms with van der Waals surface area (Å²) in [5.74, 6) is 0. The number of nitrogens with one attached hydrogen (secondary N) is 1. The van der Waals surface area contributed by atoms with Crippen LogP contribution < -0.4 is 5.32 Å². The lowest BCUT2D eigenvalue weighted by Gasteiger charge is -2.44. The Morgan fingerprint density at radius 3 is 2.50 bits per heavy atom. The second-order valence-electron chi connectivity index (χ2n) is 4.33.